The molecule has 202 valence electrons. The molecule has 0 unspecified atom stereocenters. The highest BCUT2D eigenvalue weighted by Gasteiger charge is 2.24. The van der Waals surface area contributed by atoms with E-state index in [2.05, 4.69) is 60.4 Å². The molecule has 0 bridgehead atoms. The van der Waals surface area contributed by atoms with Crippen LogP contribution >= 0.6 is 0 Å². The quantitative estimate of drug-likeness (QED) is 0.259. The molecule has 5 rings (SSSR count). The lowest BCUT2D eigenvalue weighted by molar-refractivity contribution is -0.0273. The van der Waals surface area contributed by atoms with Crippen molar-refractivity contribution in [1.29, 1.82) is 0 Å². The van der Waals surface area contributed by atoms with Gasteiger partial charge < -0.3 is 23.9 Å². The van der Waals surface area contributed by atoms with Gasteiger partial charge in [0.1, 0.15) is 17.4 Å². The smallest absolute Gasteiger partial charge is 0.371 e. The van der Waals surface area contributed by atoms with Gasteiger partial charge in [0, 0.05) is 31.8 Å². The lowest BCUT2D eigenvalue weighted by atomic mass is 9.99. The summed E-state index contributed by atoms with van der Waals surface area (Å²) in [6.07, 6.45) is 2.93. The van der Waals surface area contributed by atoms with Gasteiger partial charge in [-0.25, -0.2) is 4.79 Å². The van der Waals surface area contributed by atoms with E-state index in [1.54, 1.807) is 18.2 Å². The number of hydrogen-bond donors (Lipinski definition) is 1. The third-order valence-electron chi connectivity index (χ3n) is 7.14. The minimum atomic E-state index is -1.28. The summed E-state index contributed by atoms with van der Waals surface area (Å²) in [5.41, 5.74) is 3.41. The Morgan fingerprint density at radius 1 is 1.00 bits per heavy atom. The summed E-state index contributed by atoms with van der Waals surface area (Å²) < 4.78 is 17.9. The number of likely N-dealkylation sites (tertiary alicyclic amines) is 1. The van der Waals surface area contributed by atoms with Gasteiger partial charge in [0.05, 0.1) is 18.1 Å². The van der Waals surface area contributed by atoms with Crippen LogP contribution in [0.2, 0.25) is 0 Å². The molecule has 1 saturated heterocycles. The van der Waals surface area contributed by atoms with Crippen molar-refractivity contribution < 1.29 is 23.8 Å². The number of hydrogen-bond acceptors (Lipinski definition) is 6. The van der Waals surface area contributed by atoms with Crippen LogP contribution in [0.3, 0.4) is 0 Å². The second kappa shape index (κ2) is 12.3. The molecular formula is C32H33NO6. The summed E-state index contributed by atoms with van der Waals surface area (Å²) in [7, 11) is 0. The van der Waals surface area contributed by atoms with Gasteiger partial charge in [-0.3, -0.25) is 4.79 Å². The van der Waals surface area contributed by atoms with E-state index >= 15 is 0 Å². The predicted octanol–water partition coefficient (Wildman–Crippen LogP) is 5.84. The van der Waals surface area contributed by atoms with Crippen LogP contribution in [-0.4, -0.2) is 48.3 Å². The number of carbonyl (C=O) groups is 1. The molecule has 1 fully saturated rings. The Balaban J connectivity index is 1.11. The first-order valence-electron chi connectivity index (χ1n) is 13.4. The number of benzene rings is 3. The van der Waals surface area contributed by atoms with Crippen molar-refractivity contribution in [2.75, 3.05) is 26.2 Å². The minimum Gasteiger partial charge on any atom is -0.493 e. The van der Waals surface area contributed by atoms with E-state index in [1.807, 2.05) is 6.07 Å². The maximum absolute atomic E-state index is 12.1. The Labute approximate surface area is 227 Å². The Bertz CT molecular complexity index is 1460. The molecule has 0 radical (unpaired) electrons. The number of carboxylic acid groups (broad SMARTS) is 1. The molecule has 1 aliphatic heterocycles. The summed E-state index contributed by atoms with van der Waals surface area (Å²) in [6.45, 7) is 5.46. The van der Waals surface area contributed by atoms with E-state index in [4.69, 9.17) is 19.0 Å². The zero-order valence-electron chi connectivity index (χ0n) is 22.0. The van der Waals surface area contributed by atoms with Gasteiger partial charge in [-0.05, 0) is 49.4 Å². The molecule has 39 heavy (non-hydrogen) atoms. The Hall–Kier alpha value is -3.94. The van der Waals surface area contributed by atoms with Gasteiger partial charge in [0.25, 0.3) is 0 Å². The summed E-state index contributed by atoms with van der Waals surface area (Å²) in [6, 6.07) is 24.9. The Morgan fingerprint density at radius 2 is 1.72 bits per heavy atom. The van der Waals surface area contributed by atoms with E-state index < -0.39 is 5.97 Å². The summed E-state index contributed by atoms with van der Waals surface area (Å²) in [5.74, 6) is -1.12. The number of rotatable bonds is 10. The minimum absolute atomic E-state index is 0.0743. The molecule has 1 aromatic heterocycles. The highest BCUT2D eigenvalue weighted by atomic mass is 16.5. The number of piperidine rings is 1. The van der Waals surface area contributed by atoms with Crippen LogP contribution < -0.4 is 10.2 Å². The number of fused-ring (bicyclic) bond motifs is 1. The second-order valence-corrected chi connectivity index (χ2v) is 10.0. The molecule has 2 heterocycles. The highest BCUT2D eigenvalue weighted by Crippen LogP contribution is 2.30. The third kappa shape index (κ3) is 6.74. The lowest BCUT2D eigenvalue weighted by Gasteiger charge is -2.34. The van der Waals surface area contributed by atoms with Crippen LogP contribution in [0.15, 0.2) is 88.1 Å². The topological polar surface area (TPSA) is 89.2 Å². The molecule has 3 aromatic carbocycles. The number of carboxylic acids is 1. The molecule has 0 aliphatic carbocycles. The average Bonchev–Trinajstić information content (AvgIpc) is 2.95. The van der Waals surface area contributed by atoms with Gasteiger partial charge in [-0.1, -0.05) is 60.2 Å². The normalized spacial score (nSPS) is 15.3. The zero-order valence-corrected chi connectivity index (χ0v) is 22.0. The molecule has 1 aliphatic rings. The highest BCUT2D eigenvalue weighted by molar-refractivity contribution is 5.87. The van der Waals surface area contributed by atoms with Gasteiger partial charge in [0.2, 0.25) is 5.76 Å². The van der Waals surface area contributed by atoms with E-state index in [1.165, 1.54) is 16.7 Å². The van der Waals surface area contributed by atoms with Gasteiger partial charge in [-0.15, -0.1) is 0 Å². The lowest BCUT2D eigenvalue weighted by Crippen LogP contribution is -2.38. The Kier molecular flexibility index (Phi) is 8.39. The van der Waals surface area contributed by atoms with E-state index in [0.717, 1.165) is 45.0 Å². The van der Waals surface area contributed by atoms with E-state index in [-0.39, 0.29) is 29.0 Å². The Morgan fingerprint density at radius 3 is 2.44 bits per heavy atom. The van der Waals surface area contributed by atoms with Crippen LogP contribution in [-0.2, 0) is 4.74 Å². The van der Waals surface area contributed by atoms with Crippen molar-refractivity contribution in [3.63, 3.8) is 0 Å². The van der Waals surface area contributed by atoms with Crippen LogP contribution in [0.5, 0.6) is 5.75 Å². The molecule has 1 N–H and O–H groups in total. The monoisotopic (exact) mass is 527 g/mol. The molecule has 0 saturated carbocycles. The van der Waals surface area contributed by atoms with Crippen molar-refractivity contribution in [3.05, 3.63) is 112 Å². The van der Waals surface area contributed by atoms with Crippen LogP contribution in [0.1, 0.15) is 52.6 Å². The fourth-order valence-electron chi connectivity index (χ4n) is 4.99. The largest absolute Gasteiger partial charge is 0.493 e. The van der Waals surface area contributed by atoms with Crippen LogP contribution in [0.25, 0.3) is 11.0 Å². The number of aryl methyl sites for hydroxylation is 1. The van der Waals surface area contributed by atoms with Gasteiger partial charge in [0.15, 0.2) is 5.43 Å². The fourth-order valence-corrected chi connectivity index (χ4v) is 4.99. The average molecular weight is 528 g/mol. The molecule has 1 atom stereocenters. The predicted molar refractivity (Wildman–Crippen MR) is 150 cm³/mol. The molecule has 0 spiro atoms. The molecule has 0 amide bonds. The van der Waals surface area contributed by atoms with Gasteiger partial charge in [-0.2, -0.15) is 0 Å². The van der Waals surface area contributed by atoms with Crippen molar-refractivity contribution in [1.82, 2.24) is 4.90 Å². The SMILES string of the molecule is Cc1ccc([C@@H](OC2CCN(CCCOc3ccc4c(=O)cc(C(=O)O)oc4c3)CC2)c2ccccc2)cc1. The van der Waals surface area contributed by atoms with Crippen molar-refractivity contribution in [3.8, 4) is 5.75 Å². The first kappa shape index (κ1) is 26.7. The summed E-state index contributed by atoms with van der Waals surface area (Å²) >= 11 is 0. The summed E-state index contributed by atoms with van der Waals surface area (Å²) in [4.78, 5) is 25.7. The van der Waals surface area contributed by atoms with Crippen molar-refractivity contribution in [2.24, 2.45) is 0 Å². The van der Waals surface area contributed by atoms with E-state index in [9.17, 15) is 9.59 Å². The first-order valence-corrected chi connectivity index (χ1v) is 13.4. The molecular weight excluding hydrogens is 494 g/mol. The maximum atomic E-state index is 12.1. The first-order chi connectivity index (χ1) is 19.0. The van der Waals surface area contributed by atoms with Crippen LogP contribution in [0.4, 0.5) is 0 Å². The second-order valence-electron chi connectivity index (χ2n) is 10.0. The van der Waals surface area contributed by atoms with Gasteiger partial charge >= 0.3 is 5.97 Å². The fraction of sp³-hybridized carbons (Fsp3) is 0.312. The zero-order chi connectivity index (χ0) is 27.2. The van der Waals surface area contributed by atoms with Crippen LogP contribution in [0, 0.1) is 6.92 Å². The number of ether oxygens (including phenoxy) is 2. The van der Waals surface area contributed by atoms with E-state index in [0.29, 0.717) is 17.7 Å². The molecule has 4 aromatic rings. The number of nitrogens with zero attached hydrogens (tertiary/aromatic N) is 1. The molecule has 7 nitrogen and oxygen atoms in total. The molecule has 7 heteroatoms. The van der Waals surface area contributed by atoms with Crippen molar-refractivity contribution in [2.45, 2.75) is 38.4 Å². The third-order valence-corrected chi connectivity index (χ3v) is 7.14. The number of aromatic carboxylic acids is 1. The summed E-state index contributed by atoms with van der Waals surface area (Å²) in [5, 5.41) is 9.46. The maximum Gasteiger partial charge on any atom is 0.371 e. The van der Waals surface area contributed by atoms with Crippen molar-refractivity contribution >= 4 is 16.9 Å². The standard InChI is InChI=1S/C32H33NO6/c1-22-8-10-24(11-9-22)31(23-6-3-2-4-7-23)38-25-14-17-33(18-15-25)16-5-19-37-26-12-13-27-28(34)21-30(32(35)36)39-29(27)20-26/h2-4,6-13,20-21,25,31H,5,14-19H2,1H3,(H,35,36)/t31-/m0/s1.